The van der Waals surface area contributed by atoms with E-state index in [2.05, 4.69) is 9.47 Å². The lowest BCUT2D eigenvalue weighted by atomic mass is 10.2. The summed E-state index contributed by atoms with van der Waals surface area (Å²) in [4.78, 5) is 22.6. The lowest BCUT2D eigenvalue weighted by Crippen LogP contribution is -2.00. The third kappa shape index (κ3) is 6.15. The first-order valence-electron chi connectivity index (χ1n) is 6.24. The van der Waals surface area contributed by atoms with Gasteiger partial charge in [0.15, 0.2) is 0 Å². The van der Waals surface area contributed by atoms with E-state index in [1.165, 1.54) is 18.4 Å². The van der Waals surface area contributed by atoms with Crippen LogP contribution in [-0.4, -0.2) is 18.5 Å². The van der Waals surface area contributed by atoms with Crippen LogP contribution in [0, 0.1) is 6.92 Å². The van der Waals surface area contributed by atoms with Crippen LogP contribution in [-0.2, 0) is 16.1 Å². The Morgan fingerprint density at radius 2 is 1.91 bits per heavy atom. The van der Waals surface area contributed by atoms with Gasteiger partial charge in [-0.25, -0.2) is 9.59 Å². The summed E-state index contributed by atoms with van der Waals surface area (Å²) in [6.07, 6.45) is 0. The molecule has 5 nitrogen and oxygen atoms in total. The molecule has 1 aromatic carbocycles. The van der Waals surface area contributed by atoms with Gasteiger partial charge in [0.2, 0.25) is 0 Å². The predicted octanol–water partition coefficient (Wildman–Crippen LogP) is 3.99. The topological polar surface area (TPSA) is 78.6 Å². The molecule has 1 heterocycles. The van der Waals surface area contributed by atoms with Crippen molar-refractivity contribution >= 4 is 40.0 Å². The molecule has 0 aliphatic heterocycles. The van der Waals surface area contributed by atoms with Gasteiger partial charge >= 0.3 is 11.4 Å². The molecule has 22 heavy (non-hydrogen) atoms. The van der Waals surface area contributed by atoms with Crippen molar-refractivity contribution in [1.82, 2.24) is 0 Å². The zero-order valence-electron chi connectivity index (χ0n) is 12.2. The second kappa shape index (κ2) is 9.07. The Bertz CT molecular complexity index is 628. The molecule has 7 heteroatoms. The number of nitrogens with two attached hydrogens (primary N) is 1. The zero-order chi connectivity index (χ0) is 16.5. The summed E-state index contributed by atoms with van der Waals surface area (Å²) >= 11 is 6.31. The molecular weight excluding hydrogens is 326 g/mol. The molecule has 0 atom stereocenters. The Labute approximate surface area is 137 Å². The molecule has 0 spiro atoms. The van der Waals surface area contributed by atoms with Crippen molar-refractivity contribution in [3.05, 3.63) is 51.7 Å². The molecule has 1 aromatic heterocycles. The summed E-state index contributed by atoms with van der Waals surface area (Å²) in [5.41, 5.74) is 6.19. The number of carbonyl (C=O) groups excluding carboxylic acids is 2. The maximum Gasteiger partial charge on any atom is 0.404 e. The van der Waals surface area contributed by atoms with E-state index in [4.69, 9.17) is 17.3 Å². The molecule has 0 fully saturated rings. The van der Waals surface area contributed by atoms with Crippen LogP contribution in [0.4, 0.5) is 10.5 Å². The van der Waals surface area contributed by atoms with Gasteiger partial charge in [-0.05, 0) is 18.6 Å². The first kappa shape index (κ1) is 18.0. The summed E-state index contributed by atoms with van der Waals surface area (Å²) in [6, 6.07) is 11.1. The van der Waals surface area contributed by atoms with E-state index >= 15 is 0 Å². The average Bonchev–Trinajstić information content (AvgIpc) is 2.85. The van der Waals surface area contributed by atoms with E-state index in [1.807, 2.05) is 37.3 Å². The second-order valence-corrected chi connectivity index (χ2v) is 5.71. The summed E-state index contributed by atoms with van der Waals surface area (Å²) < 4.78 is 9.08. The van der Waals surface area contributed by atoms with Crippen molar-refractivity contribution in [1.29, 1.82) is 0 Å². The first-order valence-corrected chi connectivity index (χ1v) is 7.44. The molecule has 2 N–H and O–H groups in total. The minimum Gasteiger partial charge on any atom is -0.465 e. The van der Waals surface area contributed by atoms with Gasteiger partial charge in [0, 0.05) is 16.5 Å². The number of thiophene rings is 1. The third-order valence-corrected chi connectivity index (χ3v) is 3.61. The number of hydrogen-bond acceptors (Lipinski definition) is 6. The van der Waals surface area contributed by atoms with Gasteiger partial charge in [-0.15, -0.1) is 11.3 Å². The molecule has 0 bridgehead atoms. The molecule has 118 valence electrons. The highest BCUT2D eigenvalue weighted by Gasteiger charge is 2.12. The molecular formula is C15H16ClNO4S. The number of halogens is 1. The molecule has 0 saturated carbocycles. The van der Waals surface area contributed by atoms with Gasteiger partial charge in [-0.2, -0.15) is 0 Å². The third-order valence-electron chi connectivity index (χ3n) is 2.45. The summed E-state index contributed by atoms with van der Waals surface area (Å²) in [7, 11) is 1.34. The molecule has 0 amide bonds. The minimum absolute atomic E-state index is 0.239. The fourth-order valence-electron chi connectivity index (χ4n) is 1.50. The number of aryl methyl sites for hydroxylation is 1. The molecule has 2 aromatic rings. The normalized spacial score (nSPS) is 9.41. The Kier molecular flexibility index (Phi) is 7.42. The zero-order valence-corrected chi connectivity index (χ0v) is 13.7. The monoisotopic (exact) mass is 341 g/mol. The number of nitrogen functional groups attached to an aromatic ring is 1. The number of esters is 1. The number of carbonyl (C=O) groups is 2. The summed E-state index contributed by atoms with van der Waals surface area (Å²) in [5.74, 6) is -0.361. The van der Waals surface area contributed by atoms with E-state index in [9.17, 15) is 9.59 Å². The van der Waals surface area contributed by atoms with Gasteiger partial charge in [-0.3, -0.25) is 0 Å². The van der Waals surface area contributed by atoms with Crippen molar-refractivity contribution < 1.29 is 19.1 Å². The SMILES string of the molecule is COC(=O)c1sc(C)cc1N.O=C(Cl)OCc1ccccc1. The van der Waals surface area contributed by atoms with E-state index in [0.717, 1.165) is 10.4 Å². The lowest BCUT2D eigenvalue weighted by molar-refractivity contribution is 0.0607. The van der Waals surface area contributed by atoms with Crippen LogP contribution in [0.1, 0.15) is 20.1 Å². The van der Waals surface area contributed by atoms with Crippen molar-refractivity contribution in [2.24, 2.45) is 0 Å². The summed E-state index contributed by atoms with van der Waals surface area (Å²) in [5, 5.41) is 0. The Morgan fingerprint density at radius 3 is 2.36 bits per heavy atom. The van der Waals surface area contributed by atoms with E-state index in [-0.39, 0.29) is 12.6 Å². The standard InChI is InChI=1S/C8H7ClO2.C7H9NO2S/c9-8(10)11-6-7-4-2-1-3-5-7;1-4-3-5(8)6(11-4)7(9)10-2/h1-5H,6H2;3H,8H2,1-2H3. The molecule has 0 radical (unpaired) electrons. The van der Waals surface area contributed by atoms with E-state index in [0.29, 0.717) is 10.6 Å². The van der Waals surface area contributed by atoms with Gasteiger partial charge < -0.3 is 15.2 Å². The van der Waals surface area contributed by atoms with Crippen molar-refractivity contribution in [3.8, 4) is 0 Å². The quantitative estimate of drug-likeness (QED) is 0.674. The number of benzene rings is 1. The fourth-order valence-corrected chi connectivity index (χ4v) is 2.41. The van der Waals surface area contributed by atoms with Crippen LogP contribution in [0.3, 0.4) is 0 Å². The average molecular weight is 342 g/mol. The first-order chi connectivity index (χ1) is 10.4. The molecule has 0 saturated heterocycles. The Hall–Kier alpha value is -2.05. The molecule has 0 aliphatic carbocycles. The Morgan fingerprint density at radius 1 is 1.27 bits per heavy atom. The maximum atomic E-state index is 11.0. The van der Waals surface area contributed by atoms with Crippen LogP contribution in [0.15, 0.2) is 36.4 Å². The number of anilines is 1. The van der Waals surface area contributed by atoms with Gasteiger partial charge in [0.1, 0.15) is 11.5 Å². The Balaban J connectivity index is 0.000000220. The van der Waals surface area contributed by atoms with E-state index in [1.54, 1.807) is 6.07 Å². The van der Waals surface area contributed by atoms with Gasteiger partial charge in [-0.1, -0.05) is 30.3 Å². The number of ether oxygens (including phenoxy) is 2. The number of methoxy groups -OCH3 is 1. The predicted molar refractivity (Wildman–Crippen MR) is 87.3 cm³/mol. The van der Waals surface area contributed by atoms with Crippen LogP contribution in [0.25, 0.3) is 0 Å². The van der Waals surface area contributed by atoms with Crippen molar-refractivity contribution in [2.75, 3.05) is 12.8 Å². The molecule has 2 rings (SSSR count). The number of rotatable bonds is 3. The van der Waals surface area contributed by atoms with Gasteiger partial charge in [0.05, 0.1) is 12.8 Å². The van der Waals surface area contributed by atoms with Crippen LogP contribution >= 0.6 is 22.9 Å². The lowest BCUT2D eigenvalue weighted by Gasteiger charge is -1.98. The molecule has 0 aliphatic rings. The largest absolute Gasteiger partial charge is 0.465 e. The highest BCUT2D eigenvalue weighted by molar-refractivity contribution is 7.14. The van der Waals surface area contributed by atoms with Gasteiger partial charge in [0.25, 0.3) is 0 Å². The van der Waals surface area contributed by atoms with Crippen LogP contribution in [0.5, 0.6) is 0 Å². The smallest absolute Gasteiger partial charge is 0.404 e. The highest BCUT2D eigenvalue weighted by atomic mass is 35.5. The number of hydrogen-bond donors (Lipinski definition) is 1. The van der Waals surface area contributed by atoms with Crippen molar-refractivity contribution in [2.45, 2.75) is 13.5 Å². The second-order valence-electron chi connectivity index (χ2n) is 4.15. The highest BCUT2D eigenvalue weighted by Crippen LogP contribution is 2.24. The molecule has 0 unspecified atom stereocenters. The van der Waals surface area contributed by atoms with Crippen molar-refractivity contribution in [3.63, 3.8) is 0 Å². The van der Waals surface area contributed by atoms with Crippen LogP contribution < -0.4 is 5.73 Å². The van der Waals surface area contributed by atoms with E-state index < -0.39 is 5.43 Å². The maximum absolute atomic E-state index is 11.0. The minimum atomic E-state index is -0.770. The summed E-state index contributed by atoms with van der Waals surface area (Å²) in [6.45, 7) is 2.14. The fraction of sp³-hybridized carbons (Fsp3) is 0.200. The van der Waals surface area contributed by atoms with Crippen LogP contribution in [0.2, 0.25) is 0 Å².